The molecule has 0 saturated carbocycles. The molecule has 4 nitrogen and oxygen atoms in total. The summed E-state index contributed by atoms with van der Waals surface area (Å²) in [4.78, 5) is 0.0931. The van der Waals surface area contributed by atoms with E-state index in [0.29, 0.717) is 19.4 Å². The van der Waals surface area contributed by atoms with Crippen molar-refractivity contribution in [1.29, 1.82) is 5.26 Å². The number of rotatable bonds is 3. The fourth-order valence-electron chi connectivity index (χ4n) is 2.75. The van der Waals surface area contributed by atoms with E-state index in [2.05, 4.69) is 6.07 Å². The Balaban J connectivity index is 1.90. The van der Waals surface area contributed by atoms with Gasteiger partial charge in [0.15, 0.2) is 0 Å². The molecule has 0 fully saturated rings. The highest BCUT2D eigenvalue weighted by atomic mass is 32.2. The van der Waals surface area contributed by atoms with Crippen LogP contribution in [-0.2, 0) is 29.4 Å². The quantitative estimate of drug-likeness (QED) is 0.869. The fourth-order valence-corrected chi connectivity index (χ4v) is 4.17. The predicted molar refractivity (Wildman–Crippen MR) is 83.5 cm³/mol. The molecular weight excluding hydrogens is 315 g/mol. The molecule has 0 amide bonds. The first-order valence-electron chi connectivity index (χ1n) is 7.24. The summed E-state index contributed by atoms with van der Waals surface area (Å²) in [6.45, 7) is 0.665. The van der Waals surface area contributed by atoms with Crippen molar-refractivity contribution in [2.24, 2.45) is 0 Å². The third kappa shape index (κ3) is 3.11. The van der Waals surface area contributed by atoms with Gasteiger partial charge in [-0.1, -0.05) is 18.2 Å². The van der Waals surface area contributed by atoms with Gasteiger partial charge in [-0.3, -0.25) is 0 Å². The summed E-state index contributed by atoms with van der Waals surface area (Å²) < 4.78 is 39.7. The van der Waals surface area contributed by atoms with E-state index in [-0.39, 0.29) is 11.4 Å². The zero-order valence-electron chi connectivity index (χ0n) is 12.4. The number of nitrogens with zero attached hydrogens (tertiary/aromatic N) is 2. The van der Waals surface area contributed by atoms with Crippen molar-refractivity contribution in [3.05, 3.63) is 65.0 Å². The van der Waals surface area contributed by atoms with E-state index in [9.17, 15) is 12.8 Å². The van der Waals surface area contributed by atoms with Crippen molar-refractivity contribution in [3.63, 3.8) is 0 Å². The van der Waals surface area contributed by atoms with Crippen molar-refractivity contribution in [2.75, 3.05) is 6.54 Å². The molecule has 0 aromatic heterocycles. The smallest absolute Gasteiger partial charge is 0.207 e. The van der Waals surface area contributed by atoms with Gasteiger partial charge in [0.25, 0.3) is 0 Å². The second-order valence-electron chi connectivity index (χ2n) is 5.48. The van der Waals surface area contributed by atoms with E-state index in [1.165, 1.54) is 16.4 Å². The number of halogens is 1. The SMILES string of the molecule is N#CCc1ccc2c(c1)CN(S(=O)(=O)c1ccc(F)cc1)CC2. The highest BCUT2D eigenvalue weighted by Crippen LogP contribution is 2.26. The highest BCUT2D eigenvalue weighted by Gasteiger charge is 2.28. The lowest BCUT2D eigenvalue weighted by Gasteiger charge is -2.28. The van der Waals surface area contributed by atoms with Crippen molar-refractivity contribution in [1.82, 2.24) is 4.31 Å². The third-order valence-electron chi connectivity index (χ3n) is 3.98. The molecule has 1 aliphatic heterocycles. The van der Waals surface area contributed by atoms with Crippen LogP contribution in [0.5, 0.6) is 0 Å². The van der Waals surface area contributed by atoms with Crippen LogP contribution in [0.15, 0.2) is 47.4 Å². The molecule has 6 heteroatoms. The van der Waals surface area contributed by atoms with E-state index < -0.39 is 15.8 Å². The van der Waals surface area contributed by atoms with Gasteiger partial charge in [0.2, 0.25) is 10.0 Å². The summed E-state index contributed by atoms with van der Waals surface area (Å²) in [5, 5.41) is 8.79. The van der Waals surface area contributed by atoms with Gasteiger partial charge in [0.05, 0.1) is 17.4 Å². The summed E-state index contributed by atoms with van der Waals surface area (Å²) in [5.41, 5.74) is 2.92. The van der Waals surface area contributed by atoms with Crippen molar-refractivity contribution >= 4 is 10.0 Å². The minimum atomic E-state index is -3.64. The lowest BCUT2D eigenvalue weighted by molar-refractivity contribution is 0.391. The molecule has 2 aromatic rings. The Hall–Kier alpha value is -2.23. The van der Waals surface area contributed by atoms with Gasteiger partial charge in [0.1, 0.15) is 5.82 Å². The first-order valence-corrected chi connectivity index (χ1v) is 8.68. The van der Waals surface area contributed by atoms with Gasteiger partial charge in [-0.25, -0.2) is 12.8 Å². The molecule has 0 aliphatic carbocycles. The van der Waals surface area contributed by atoms with Crippen molar-refractivity contribution in [3.8, 4) is 6.07 Å². The normalized spacial score (nSPS) is 15.0. The van der Waals surface area contributed by atoms with Crippen LogP contribution in [0, 0.1) is 17.1 Å². The molecular formula is C17H15FN2O2S. The van der Waals surface area contributed by atoms with E-state index >= 15 is 0 Å². The zero-order chi connectivity index (χ0) is 16.4. The molecule has 0 spiro atoms. The topological polar surface area (TPSA) is 61.2 Å². The molecule has 0 N–H and O–H groups in total. The maximum atomic E-state index is 13.0. The second-order valence-corrected chi connectivity index (χ2v) is 7.42. The lowest BCUT2D eigenvalue weighted by Crippen LogP contribution is -2.36. The molecule has 0 atom stereocenters. The van der Waals surface area contributed by atoms with Crippen LogP contribution in [0.4, 0.5) is 4.39 Å². The number of fused-ring (bicyclic) bond motifs is 1. The van der Waals surface area contributed by atoms with E-state index in [1.807, 2.05) is 18.2 Å². The first kappa shape index (κ1) is 15.7. The standard InChI is InChI=1S/C17H15FN2O2S/c18-16-3-5-17(6-4-16)23(21,22)20-10-8-14-2-1-13(7-9-19)11-15(14)12-20/h1-6,11H,7-8,10,12H2. The van der Waals surface area contributed by atoms with E-state index in [0.717, 1.165) is 28.8 Å². The maximum absolute atomic E-state index is 13.0. The Morgan fingerprint density at radius 1 is 1.13 bits per heavy atom. The van der Waals surface area contributed by atoms with Crippen LogP contribution in [0.3, 0.4) is 0 Å². The summed E-state index contributed by atoms with van der Waals surface area (Å²) in [6.07, 6.45) is 0.931. The van der Waals surface area contributed by atoms with Crippen LogP contribution < -0.4 is 0 Å². The van der Waals surface area contributed by atoms with Crippen LogP contribution in [0.1, 0.15) is 16.7 Å². The first-order chi connectivity index (χ1) is 11.0. The minimum Gasteiger partial charge on any atom is -0.207 e. The average molecular weight is 330 g/mol. The monoisotopic (exact) mass is 330 g/mol. The van der Waals surface area contributed by atoms with E-state index in [1.54, 1.807) is 0 Å². The Morgan fingerprint density at radius 3 is 2.57 bits per heavy atom. The molecule has 118 valence electrons. The molecule has 0 unspecified atom stereocenters. The number of nitriles is 1. The van der Waals surface area contributed by atoms with Crippen molar-refractivity contribution < 1.29 is 12.8 Å². The number of hydrogen-bond acceptors (Lipinski definition) is 3. The van der Waals surface area contributed by atoms with Gasteiger partial charge >= 0.3 is 0 Å². The Kier molecular flexibility index (Phi) is 4.16. The van der Waals surface area contributed by atoms with Crippen LogP contribution >= 0.6 is 0 Å². The fraction of sp³-hybridized carbons (Fsp3) is 0.235. The molecule has 2 aromatic carbocycles. The Bertz CT molecular complexity index is 870. The number of sulfonamides is 1. The Morgan fingerprint density at radius 2 is 1.87 bits per heavy atom. The van der Waals surface area contributed by atoms with Crippen LogP contribution in [0.25, 0.3) is 0 Å². The third-order valence-corrected chi connectivity index (χ3v) is 5.84. The number of hydrogen-bond donors (Lipinski definition) is 0. The van der Waals surface area contributed by atoms with Gasteiger partial charge in [-0.05, 0) is 47.4 Å². The predicted octanol–water partition coefficient (Wildman–Crippen LogP) is 2.64. The highest BCUT2D eigenvalue weighted by molar-refractivity contribution is 7.89. The van der Waals surface area contributed by atoms with Gasteiger partial charge < -0.3 is 0 Å². The number of benzene rings is 2. The van der Waals surface area contributed by atoms with Crippen molar-refractivity contribution in [2.45, 2.75) is 24.3 Å². The molecule has 1 heterocycles. The van der Waals surface area contributed by atoms with Crippen LogP contribution in [-0.4, -0.2) is 19.3 Å². The minimum absolute atomic E-state index is 0.0931. The van der Waals surface area contributed by atoms with Crippen LogP contribution in [0.2, 0.25) is 0 Å². The molecule has 0 bridgehead atoms. The van der Waals surface area contributed by atoms with Gasteiger partial charge in [-0.15, -0.1) is 0 Å². The molecule has 23 heavy (non-hydrogen) atoms. The molecule has 1 aliphatic rings. The van der Waals surface area contributed by atoms with Gasteiger partial charge in [0, 0.05) is 13.1 Å². The lowest BCUT2D eigenvalue weighted by atomic mass is 9.98. The summed E-state index contributed by atoms with van der Waals surface area (Å²) in [7, 11) is -3.64. The van der Waals surface area contributed by atoms with E-state index in [4.69, 9.17) is 5.26 Å². The Labute approximate surface area is 134 Å². The maximum Gasteiger partial charge on any atom is 0.243 e. The zero-order valence-corrected chi connectivity index (χ0v) is 13.2. The molecule has 0 saturated heterocycles. The molecule has 3 rings (SSSR count). The summed E-state index contributed by atoms with van der Waals surface area (Å²) in [5.74, 6) is -0.464. The largest absolute Gasteiger partial charge is 0.243 e. The summed E-state index contributed by atoms with van der Waals surface area (Å²) in [6, 6.07) is 12.7. The average Bonchev–Trinajstić information content (AvgIpc) is 2.55. The molecule has 0 radical (unpaired) electrons. The second kappa shape index (κ2) is 6.11. The summed E-state index contributed by atoms with van der Waals surface area (Å²) >= 11 is 0. The van der Waals surface area contributed by atoms with Gasteiger partial charge in [-0.2, -0.15) is 9.57 Å².